The Labute approximate surface area is 61.2 Å². The van der Waals surface area contributed by atoms with Crippen LogP contribution in [0.1, 0.15) is 13.3 Å². The fourth-order valence-electron chi connectivity index (χ4n) is 1.20. The molecule has 0 aromatic carbocycles. The molecule has 0 aliphatic carbocycles. The summed E-state index contributed by atoms with van der Waals surface area (Å²) < 4.78 is 0. The molecule has 0 spiro atoms. The van der Waals surface area contributed by atoms with Crippen molar-refractivity contribution in [1.82, 2.24) is 10.6 Å². The van der Waals surface area contributed by atoms with Crippen LogP contribution in [-0.4, -0.2) is 25.5 Å². The summed E-state index contributed by atoms with van der Waals surface area (Å²) in [4.78, 5) is 11.1. The van der Waals surface area contributed by atoms with Crippen molar-refractivity contribution >= 4 is 5.91 Å². The third-order valence-corrected chi connectivity index (χ3v) is 1.78. The highest BCUT2D eigenvalue weighted by Crippen LogP contribution is 2.06. The Hall–Kier alpha value is -0.570. The van der Waals surface area contributed by atoms with E-state index in [0.29, 0.717) is 0 Å². The molecule has 0 bridgehead atoms. The number of hydrogen-bond acceptors (Lipinski definition) is 2. The molecule has 1 fully saturated rings. The van der Waals surface area contributed by atoms with Gasteiger partial charge >= 0.3 is 0 Å². The van der Waals surface area contributed by atoms with Crippen molar-refractivity contribution in [3.8, 4) is 0 Å². The maximum atomic E-state index is 11.1. The molecule has 0 aromatic rings. The summed E-state index contributed by atoms with van der Waals surface area (Å²) in [5.74, 6) is 0.424. The molecule has 2 N–H and O–H groups in total. The fourth-order valence-corrected chi connectivity index (χ4v) is 1.20. The zero-order chi connectivity index (χ0) is 7.40. The van der Waals surface area contributed by atoms with Gasteiger partial charge in [-0.2, -0.15) is 0 Å². The molecule has 1 aliphatic rings. The van der Waals surface area contributed by atoms with E-state index in [4.69, 9.17) is 0 Å². The Morgan fingerprint density at radius 1 is 1.80 bits per heavy atom. The topological polar surface area (TPSA) is 41.1 Å². The lowest BCUT2D eigenvalue weighted by Gasteiger charge is -2.06. The molecule has 1 heterocycles. The molecule has 1 saturated heterocycles. The van der Waals surface area contributed by atoms with Gasteiger partial charge < -0.3 is 10.6 Å². The number of hydrogen-bond donors (Lipinski definition) is 2. The van der Waals surface area contributed by atoms with Crippen LogP contribution in [0.25, 0.3) is 0 Å². The molecule has 0 unspecified atom stereocenters. The van der Waals surface area contributed by atoms with E-state index in [-0.39, 0.29) is 11.8 Å². The van der Waals surface area contributed by atoms with Crippen molar-refractivity contribution in [2.45, 2.75) is 13.3 Å². The van der Waals surface area contributed by atoms with Gasteiger partial charge in [0.2, 0.25) is 5.91 Å². The molecule has 10 heavy (non-hydrogen) atoms. The smallest absolute Gasteiger partial charge is 0.224 e. The first-order chi connectivity index (χ1) is 4.84. The van der Waals surface area contributed by atoms with Gasteiger partial charge in [0, 0.05) is 13.1 Å². The molecule has 0 aromatic heterocycles. The predicted octanol–water partition coefficient (Wildman–Crippen LogP) is -0.268. The third kappa shape index (κ3) is 1.70. The van der Waals surface area contributed by atoms with Gasteiger partial charge in [-0.05, 0) is 19.9 Å². The van der Waals surface area contributed by atoms with Crippen LogP contribution in [0.15, 0.2) is 0 Å². The van der Waals surface area contributed by atoms with Gasteiger partial charge in [-0.1, -0.05) is 0 Å². The first-order valence-corrected chi connectivity index (χ1v) is 3.83. The first kappa shape index (κ1) is 7.54. The van der Waals surface area contributed by atoms with Crippen LogP contribution >= 0.6 is 0 Å². The fraction of sp³-hybridized carbons (Fsp3) is 0.857. The Kier molecular flexibility index (Phi) is 2.68. The lowest BCUT2D eigenvalue weighted by atomic mass is 10.1. The summed E-state index contributed by atoms with van der Waals surface area (Å²) in [7, 11) is 0. The Balaban J connectivity index is 2.25. The minimum absolute atomic E-state index is 0.201. The number of amides is 1. The Morgan fingerprint density at radius 3 is 3.10 bits per heavy atom. The van der Waals surface area contributed by atoms with Gasteiger partial charge in [-0.15, -0.1) is 0 Å². The summed E-state index contributed by atoms with van der Waals surface area (Å²) in [5, 5.41) is 5.96. The van der Waals surface area contributed by atoms with Crippen LogP contribution in [0.4, 0.5) is 0 Å². The quantitative estimate of drug-likeness (QED) is 0.557. The van der Waals surface area contributed by atoms with Gasteiger partial charge in [0.1, 0.15) is 0 Å². The van der Waals surface area contributed by atoms with Crippen molar-refractivity contribution in [3.63, 3.8) is 0 Å². The van der Waals surface area contributed by atoms with Gasteiger partial charge in [0.05, 0.1) is 5.92 Å². The highest BCUT2D eigenvalue weighted by atomic mass is 16.1. The number of carbonyl (C=O) groups excluding carboxylic acids is 1. The SMILES string of the molecule is CCNC(=O)[C@@H]1CCNC1. The van der Waals surface area contributed by atoms with Crippen LogP contribution in [0, 0.1) is 5.92 Å². The summed E-state index contributed by atoms with van der Waals surface area (Å²) in [5.41, 5.74) is 0. The van der Waals surface area contributed by atoms with E-state index in [1.807, 2.05) is 6.92 Å². The highest BCUT2D eigenvalue weighted by Gasteiger charge is 2.20. The average Bonchev–Trinajstić information content (AvgIpc) is 2.38. The van der Waals surface area contributed by atoms with Gasteiger partial charge in [0.15, 0.2) is 0 Å². The van der Waals surface area contributed by atoms with Gasteiger partial charge in [-0.25, -0.2) is 0 Å². The molecule has 1 rings (SSSR count). The molecule has 0 radical (unpaired) electrons. The van der Waals surface area contributed by atoms with Crippen molar-refractivity contribution < 1.29 is 4.79 Å². The minimum atomic E-state index is 0.201. The van der Waals surface area contributed by atoms with Crippen LogP contribution < -0.4 is 10.6 Å². The predicted molar refractivity (Wildman–Crippen MR) is 39.7 cm³/mol. The molecule has 1 amide bonds. The monoisotopic (exact) mass is 142 g/mol. The van der Waals surface area contributed by atoms with Gasteiger partial charge in [0.25, 0.3) is 0 Å². The number of rotatable bonds is 2. The summed E-state index contributed by atoms with van der Waals surface area (Å²) in [6, 6.07) is 0. The number of carbonyl (C=O) groups is 1. The molecule has 1 aliphatic heterocycles. The second kappa shape index (κ2) is 3.56. The molecule has 0 saturated carbocycles. The second-order valence-electron chi connectivity index (χ2n) is 2.58. The molecular formula is C7H14N2O. The van der Waals surface area contributed by atoms with Crippen molar-refractivity contribution in [3.05, 3.63) is 0 Å². The summed E-state index contributed by atoms with van der Waals surface area (Å²) >= 11 is 0. The molecule has 58 valence electrons. The zero-order valence-corrected chi connectivity index (χ0v) is 6.31. The van der Waals surface area contributed by atoms with E-state index in [9.17, 15) is 4.79 Å². The Bertz CT molecular complexity index is 119. The summed E-state index contributed by atoms with van der Waals surface area (Å²) in [6.07, 6.45) is 0.992. The van der Waals surface area contributed by atoms with Crippen molar-refractivity contribution in [2.24, 2.45) is 5.92 Å². The van der Waals surface area contributed by atoms with Crippen LogP contribution in [-0.2, 0) is 4.79 Å². The van der Waals surface area contributed by atoms with Gasteiger partial charge in [-0.3, -0.25) is 4.79 Å². The van der Waals surface area contributed by atoms with Crippen molar-refractivity contribution in [2.75, 3.05) is 19.6 Å². The average molecular weight is 142 g/mol. The normalized spacial score (nSPS) is 24.7. The third-order valence-electron chi connectivity index (χ3n) is 1.78. The van der Waals surface area contributed by atoms with E-state index >= 15 is 0 Å². The lowest BCUT2D eigenvalue weighted by molar-refractivity contribution is -0.124. The minimum Gasteiger partial charge on any atom is -0.356 e. The van der Waals surface area contributed by atoms with Crippen LogP contribution in [0.2, 0.25) is 0 Å². The first-order valence-electron chi connectivity index (χ1n) is 3.83. The lowest BCUT2D eigenvalue weighted by Crippen LogP contribution is -2.31. The van der Waals surface area contributed by atoms with E-state index in [0.717, 1.165) is 26.1 Å². The second-order valence-corrected chi connectivity index (χ2v) is 2.58. The largest absolute Gasteiger partial charge is 0.356 e. The molecule has 3 heteroatoms. The standard InChI is InChI=1S/C7H14N2O/c1-2-9-7(10)6-3-4-8-5-6/h6,8H,2-5H2,1H3,(H,9,10)/t6-/m1/s1. The van der Waals surface area contributed by atoms with E-state index in [1.54, 1.807) is 0 Å². The van der Waals surface area contributed by atoms with E-state index in [1.165, 1.54) is 0 Å². The Morgan fingerprint density at radius 2 is 2.60 bits per heavy atom. The van der Waals surface area contributed by atoms with Crippen molar-refractivity contribution in [1.29, 1.82) is 0 Å². The highest BCUT2D eigenvalue weighted by molar-refractivity contribution is 5.79. The summed E-state index contributed by atoms with van der Waals surface area (Å²) in [6.45, 7) is 4.53. The zero-order valence-electron chi connectivity index (χ0n) is 6.31. The molecule has 3 nitrogen and oxygen atoms in total. The molecular weight excluding hydrogens is 128 g/mol. The maximum absolute atomic E-state index is 11.1. The number of nitrogens with one attached hydrogen (secondary N) is 2. The van der Waals surface area contributed by atoms with E-state index in [2.05, 4.69) is 10.6 Å². The molecule has 1 atom stereocenters. The van der Waals surface area contributed by atoms with Crippen LogP contribution in [0.3, 0.4) is 0 Å². The maximum Gasteiger partial charge on any atom is 0.224 e. The van der Waals surface area contributed by atoms with Crippen LogP contribution in [0.5, 0.6) is 0 Å². The van der Waals surface area contributed by atoms with E-state index < -0.39 is 0 Å².